The van der Waals surface area contributed by atoms with E-state index in [2.05, 4.69) is 4.74 Å². The number of carbonyl (C=O) groups is 2. The van der Waals surface area contributed by atoms with E-state index < -0.39 is 5.97 Å². The Morgan fingerprint density at radius 1 is 1.10 bits per heavy atom. The molecule has 0 atom stereocenters. The SMILES string of the molecule is COC(=O)c1cccc(CSc2ccc(C(=O)O)cc2)c1. The van der Waals surface area contributed by atoms with Gasteiger partial charge < -0.3 is 9.84 Å². The van der Waals surface area contributed by atoms with Crippen LogP contribution in [-0.2, 0) is 10.5 Å². The zero-order chi connectivity index (χ0) is 15.2. The fourth-order valence-electron chi connectivity index (χ4n) is 1.77. The zero-order valence-electron chi connectivity index (χ0n) is 11.4. The molecule has 2 aromatic rings. The predicted molar refractivity (Wildman–Crippen MR) is 80.7 cm³/mol. The van der Waals surface area contributed by atoms with Crippen molar-refractivity contribution in [3.05, 3.63) is 65.2 Å². The Labute approximate surface area is 126 Å². The van der Waals surface area contributed by atoms with Crippen LogP contribution in [0.25, 0.3) is 0 Å². The molecule has 0 amide bonds. The Bertz CT molecular complexity index is 650. The number of hydrogen-bond acceptors (Lipinski definition) is 4. The average molecular weight is 302 g/mol. The van der Waals surface area contributed by atoms with Crippen LogP contribution in [0.3, 0.4) is 0 Å². The second kappa shape index (κ2) is 6.95. The number of carbonyl (C=O) groups excluding carboxylic acids is 1. The molecule has 0 saturated carbocycles. The summed E-state index contributed by atoms with van der Waals surface area (Å²) in [5.74, 6) is -0.595. The summed E-state index contributed by atoms with van der Waals surface area (Å²) in [6, 6.07) is 14.0. The van der Waals surface area contributed by atoms with E-state index >= 15 is 0 Å². The van der Waals surface area contributed by atoms with Crippen molar-refractivity contribution in [3.63, 3.8) is 0 Å². The van der Waals surface area contributed by atoms with Crippen LogP contribution in [0, 0.1) is 0 Å². The third-order valence-corrected chi connectivity index (χ3v) is 3.94. The van der Waals surface area contributed by atoms with E-state index in [0.29, 0.717) is 11.3 Å². The van der Waals surface area contributed by atoms with Crippen molar-refractivity contribution in [1.29, 1.82) is 0 Å². The number of methoxy groups -OCH3 is 1. The van der Waals surface area contributed by atoms with E-state index in [1.165, 1.54) is 7.11 Å². The molecule has 0 aliphatic carbocycles. The molecule has 108 valence electrons. The number of hydrogen-bond donors (Lipinski definition) is 1. The zero-order valence-corrected chi connectivity index (χ0v) is 12.2. The summed E-state index contributed by atoms with van der Waals surface area (Å²) in [5.41, 5.74) is 1.80. The Morgan fingerprint density at radius 2 is 1.81 bits per heavy atom. The van der Waals surface area contributed by atoms with Gasteiger partial charge in [0, 0.05) is 10.6 Å². The van der Waals surface area contributed by atoms with Gasteiger partial charge in [-0.2, -0.15) is 0 Å². The third-order valence-electron chi connectivity index (χ3n) is 2.85. The first-order valence-electron chi connectivity index (χ1n) is 6.23. The molecular formula is C16H14O4S. The number of rotatable bonds is 5. The molecule has 5 heteroatoms. The van der Waals surface area contributed by atoms with Gasteiger partial charge in [-0.3, -0.25) is 0 Å². The molecule has 0 fully saturated rings. The van der Waals surface area contributed by atoms with E-state index in [9.17, 15) is 9.59 Å². The first-order chi connectivity index (χ1) is 10.1. The monoisotopic (exact) mass is 302 g/mol. The summed E-state index contributed by atoms with van der Waals surface area (Å²) in [6.45, 7) is 0. The molecule has 0 heterocycles. The first-order valence-corrected chi connectivity index (χ1v) is 7.22. The molecule has 21 heavy (non-hydrogen) atoms. The molecule has 0 radical (unpaired) electrons. The molecule has 0 bridgehead atoms. The Morgan fingerprint density at radius 3 is 2.43 bits per heavy atom. The fourth-order valence-corrected chi connectivity index (χ4v) is 2.61. The van der Waals surface area contributed by atoms with Crippen molar-refractivity contribution in [1.82, 2.24) is 0 Å². The van der Waals surface area contributed by atoms with Crippen molar-refractivity contribution in [3.8, 4) is 0 Å². The van der Waals surface area contributed by atoms with E-state index in [0.717, 1.165) is 10.5 Å². The van der Waals surface area contributed by atoms with E-state index in [1.54, 1.807) is 48.2 Å². The lowest BCUT2D eigenvalue weighted by atomic mass is 10.1. The summed E-state index contributed by atoms with van der Waals surface area (Å²) < 4.78 is 4.69. The van der Waals surface area contributed by atoms with E-state index in [-0.39, 0.29) is 11.5 Å². The molecule has 0 aliphatic rings. The quantitative estimate of drug-likeness (QED) is 0.677. The summed E-state index contributed by atoms with van der Waals surface area (Å²) in [6.07, 6.45) is 0. The molecule has 2 aromatic carbocycles. The van der Waals surface area contributed by atoms with Crippen LogP contribution in [0.4, 0.5) is 0 Å². The van der Waals surface area contributed by atoms with Crippen LogP contribution in [0.2, 0.25) is 0 Å². The standard InChI is InChI=1S/C16H14O4S/c1-20-16(19)13-4-2-3-11(9-13)10-21-14-7-5-12(6-8-14)15(17)18/h2-9H,10H2,1H3,(H,17,18). The highest BCUT2D eigenvalue weighted by molar-refractivity contribution is 7.98. The number of benzene rings is 2. The van der Waals surface area contributed by atoms with Gasteiger partial charge >= 0.3 is 11.9 Å². The topological polar surface area (TPSA) is 63.6 Å². The van der Waals surface area contributed by atoms with Crippen LogP contribution in [-0.4, -0.2) is 24.2 Å². The van der Waals surface area contributed by atoms with Gasteiger partial charge in [0.25, 0.3) is 0 Å². The lowest BCUT2D eigenvalue weighted by Crippen LogP contribution is -2.01. The van der Waals surface area contributed by atoms with Gasteiger partial charge in [-0.25, -0.2) is 9.59 Å². The number of carboxylic acids is 1. The van der Waals surface area contributed by atoms with Crippen molar-refractivity contribution in [2.45, 2.75) is 10.6 Å². The molecule has 1 N–H and O–H groups in total. The molecule has 2 rings (SSSR count). The highest BCUT2D eigenvalue weighted by Crippen LogP contribution is 2.23. The maximum atomic E-state index is 11.5. The number of esters is 1. The predicted octanol–water partition coefficient (Wildman–Crippen LogP) is 3.46. The number of thioether (sulfide) groups is 1. The van der Waals surface area contributed by atoms with Gasteiger partial charge in [0.1, 0.15) is 0 Å². The molecule has 0 spiro atoms. The number of ether oxygens (including phenoxy) is 1. The summed E-state index contributed by atoms with van der Waals surface area (Å²) in [4.78, 5) is 23.2. The maximum absolute atomic E-state index is 11.5. The molecule has 0 unspecified atom stereocenters. The minimum Gasteiger partial charge on any atom is -0.478 e. The van der Waals surface area contributed by atoms with E-state index in [4.69, 9.17) is 5.11 Å². The normalized spacial score (nSPS) is 10.1. The first kappa shape index (κ1) is 15.1. The van der Waals surface area contributed by atoms with Crippen LogP contribution < -0.4 is 0 Å². The van der Waals surface area contributed by atoms with Gasteiger partial charge in [-0.1, -0.05) is 12.1 Å². The molecular weight excluding hydrogens is 288 g/mol. The Kier molecular flexibility index (Phi) is 5.00. The third kappa shape index (κ3) is 4.10. The van der Waals surface area contributed by atoms with Crippen molar-refractivity contribution < 1.29 is 19.4 Å². The second-order valence-electron chi connectivity index (χ2n) is 4.31. The number of carboxylic acid groups (broad SMARTS) is 1. The lowest BCUT2D eigenvalue weighted by Gasteiger charge is -2.05. The van der Waals surface area contributed by atoms with Gasteiger partial charge in [-0.15, -0.1) is 11.8 Å². The summed E-state index contributed by atoms with van der Waals surface area (Å²) in [5, 5.41) is 8.84. The van der Waals surface area contributed by atoms with Gasteiger partial charge in [0.05, 0.1) is 18.2 Å². The fraction of sp³-hybridized carbons (Fsp3) is 0.125. The van der Waals surface area contributed by atoms with Crippen LogP contribution in [0.1, 0.15) is 26.3 Å². The minimum absolute atomic E-state index is 0.270. The van der Waals surface area contributed by atoms with Crippen LogP contribution in [0.5, 0.6) is 0 Å². The highest BCUT2D eigenvalue weighted by atomic mass is 32.2. The van der Waals surface area contributed by atoms with Crippen LogP contribution in [0.15, 0.2) is 53.4 Å². The molecule has 0 aliphatic heterocycles. The summed E-state index contributed by atoms with van der Waals surface area (Å²) >= 11 is 1.58. The van der Waals surface area contributed by atoms with Gasteiger partial charge in [-0.05, 0) is 42.0 Å². The Hall–Kier alpha value is -2.27. The van der Waals surface area contributed by atoms with Crippen molar-refractivity contribution >= 4 is 23.7 Å². The van der Waals surface area contributed by atoms with Gasteiger partial charge in [0.15, 0.2) is 0 Å². The largest absolute Gasteiger partial charge is 0.478 e. The van der Waals surface area contributed by atoms with Crippen LogP contribution >= 0.6 is 11.8 Å². The second-order valence-corrected chi connectivity index (χ2v) is 5.36. The molecule has 0 saturated heterocycles. The maximum Gasteiger partial charge on any atom is 0.337 e. The lowest BCUT2D eigenvalue weighted by molar-refractivity contribution is 0.0599. The molecule has 4 nitrogen and oxygen atoms in total. The van der Waals surface area contributed by atoms with Crippen molar-refractivity contribution in [2.24, 2.45) is 0 Å². The van der Waals surface area contributed by atoms with Gasteiger partial charge in [0.2, 0.25) is 0 Å². The minimum atomic E-state index is -0.933. The van der Waals surface area contributed by atoms with Crippen molar-refractivity contribution in [2.75, 3.05) is 7.11 Å². The summed E-state index contributed by atoms with van der Waals surface area (Å²) in [7, 11) is 1.35. The average Bonchev–Trinajstić information content (AvgIpc) is 2.52. The highest BCUT2D eigenvalue weighted by Gasteiger charge is 2.06. The number of aromatic carboxylic acids is 1. The molecule has 0 aromatic heterocycles. The smallest absolute Gasteiger partial charge is 0.337 e. The van der Waals surface area contributed by atoms with E-state index in [1.807, 2.05) is 12.1 Å². The Balaban J connectivity index is 2.02.